The van der Waals surface area contributed by atoms with Gasteiger partial charge in [0.25, 0.3) is 0 Å². The number of aliphatic hydroxyl groups is 1. The van der Waals surface area contributed by atoms with Crippen molar-refractivity contribution >= 4 is 11.9 Å². The molecule has 1 amide bonds. The maximum Gasteiger partial charge on any atom is 0.303 e. The van der Waals surface area contributed by atoms with Gasteiger partial charge in [-0.2, -0.15) is 0 Å². The average molecular weight is 420 g/mol. The predicted octanol–water partition coefficient (Wildman–Crippen LogP) is 3.79. The van der Waals surface area contributed by atoms with E-state index in [0.717, 1.165) is 43.4 Å². The molecular weight excluding hydrogens is 382 g/mol. The van der Waals surface area contributed by atoms with Crippen LogP contribution in [0.15, 0.2) is 24.3 Å². The molecular formula is C24H37NO5. The maximum atomic E-state index is 12.3. The van der Waals surface area contributed by atoms with Crippen LogP contribution < -0.4 is 0 Å². The smallest absolute Gasteiger partial charge is 0.303 e. The van der Waals surface area contributed by atoms with Crippen LogP contribution in [0.5, 0.6) is 0 Å². The van der Waals surface area contributed by atoms with Gasteiger partial charge in [0.15, 0.2) is 0 Å². The summed E-state index contributed by atoms with van der Waals surface area (Å²) in [5.41, 5.74) is 2.21. The molecule has 0 aromatic heterocycles. The Balaban J connectivity index is 1.75. The number of carbonyl (C=O) groups excluding carboxylic acids is 1. The van der Waals surface area contributed by atoms with Crippen LogP contribution in [0, 0.1) is 5.92 Å². The minimum Gasteiger partial charge on any atom is -0.481 e. The number of amides is 1. The lowest BCUT2D eigenvalue weighted by Gasteiger charge is -2.27. The lowest BCUT2D eigenvalue weighted by atomic mass is 9.98. The topological polar surface area (TPSA) is 87.1 Å². The highest BCUT2D eigenvalue weighted by molar-refractivity contribution is 5.78. The lowest BCUT2D eigenvalue weighted by Crippen LogP contribution is -2.35. The van der Waals surface area contributed by atoms with Gasteiger partial charge in [-0.15, -0.1) is 0 Å². The molecule has 0 spiro atoms. The average Bonchev–Trinajstić information content (AvgIpc) is 3.04. The van der Waals surface area contributed by atoms with Gasteiger partial charge in [-0.1, -0.05) is 37.6 Å². The van der Waals surface area contributed by atoms with Crippen molar-refractivity contribution in [1.82, 2.24) is 4.90 Å². The Labute approximate surface area is 180 Å². The number of carbonyl (C=O) groups is 2. The van der Waals surface area contributed by atoms with E-state index in [0.29, 0.717) is 38.2 Å². The summed E-state index contributed by atoms with van der Waals surface area (Å²) in [5, 5.41) is 19.3. The van der Waals surface area contributed by atoms with Gasteiger partial charge in [0.05, 0.1) is 12.7 Å². The first-order chi connectivity index (χ1) is 14.4. The second-order valence-corrected chi connectivity index (χ2v) is 8.65. The molecule has 1 fully saturated rings. The summed E-state index contributed by atoms with van der Waals surface area (Å²) in [7, 11) is 1.67. The summed E-state index contributed by atoms with van der Waals surface area (Å²) in [6.07, 6.45) is 5.81. The van der Waals surface area contributed by atoms with Gasteiger partial charge >= 0.3 is 5.97 Å². The van der Waals surface area contributed by atoms with E-state index >= 15 is 0 Å². The number of hydrogen-bond donors (Lipinski definition) is 2. The number of carboxylic acid groups (broad SMARTS) is 1. The van der Waals surface area contributed by atoms with E-state index < -0.39 is 12.1 Å². The number of aliphatic carboxylic acids is 1. The van der Waals surface area contributed by atoms with Gasteiger partial charge in [0.2, 0.25) is 5.91 Å². The molecule has 3 atom stereocenters. The Kier molecular flexibility index (Phi) is 10.3. The third kappa shape index (κ3) is 8.44. The molecule has 1 saturated heterocycles. The molecule has 0 unspecified atom stereocenters. The third-order valence-corrected chi connectivity index (χ3v) is 6.01. The zero-order valence-electron chi connectivity index (χ0n) is 18.4. The molecule has 0 bridgehead atoms. The summed E-state index contributed by atoms with van der Waals surface area (Å²) in [5.74, 6) is -0.135. The third-order valence-electron chi connectivity index (χ3n) is 6.01. The summed E-state index contributed by atoms with van der Waals surface area (Å²) in [6.45, 7) is 3.42. The SMILES string of the molecule is COCc1cccc(C[C@H](O)CC[C@H]2CCC(=O)N2CC[C@@H](C)CCCC(=O)O)c1. The molecule has 168 valence electrons. The normalized spacial score (nSPS) is 18.6. The van der Waals surface area contributed by atoms with Crippen LogP contribution in [0.4, 0.5) is 0 Å². The van der Waals surface area contributed by atoms with E-state index in [-0.39, 0.29) is 18.4 Å². The highest BCUT2D eigenvalue weighted by atomic mass is 16.5. The maximum absolute atomic E-state index is 12.3. The van der Waals surface area contributed by atoms with Gasteiger partial charge in [0, 0.05) is 32.5 Å². The Morgan fingerprint density at radius 2 is 2.03 bits per heavy atom. The van der Waals surface area contributed by atoms with Crippen LogP contribution in [-0.4, -0.2) is 52.8 Å². The summed E-state index contributed by atoms with van der Waals surface area (Å²) in [4.78, 5) is 24.9. The van der Waals surface area contributed by atoms with Gasteiger partial charge in [-0.25, -0.2) is 0 Å². The van der Waals surface area contributed by atoms with E-state index in [1.54, 1.807) is 7.11 Å². The first-order valence-electron chi connectivity index (χ1n) is 11.1. The van der Waals surface area contributed by atoms with Gasteiger partial charge in [-0.05, 0) is 55.6 Å². The van der Waals surface area contributed by atoms with Crippen LogP contribution in [0.2, 0.25) is 0 Å². The number of hydrogen-bond acceptors (Lipinski definition) is 4. The minimum absolute atomic E-state index is 0.207. The molecule has 1 aliphatic heterocycles. The fourth-order valence-corrected chi connectivity index (χ4v) is 4.28. The number of benzene rings is 1. The largest absolute Gasteiger partial charge is 0.481 e. The Hall–Kier alpha value is -1.92. The van der Waals surface area contributed by atoms with Crippen molar-refractivity contribution in [3.8, 4) is 0 Å². The molecule has 1 aromatic rings. The predicted molar refractivity (Wildman–Crippen MR) is 116 cm³/mol. The number of carboxylic acids is 1. The van der Waals surface area contributed by atoms with Crippen LogP contribution in [0.1, 0.15) is 69.4 Å². The highest BCUT2D eigenvalue weighted by Gasteiger charge is 2.30. The van der Waals surface area contributed by atoms with E-state index in [1.165, 1.54) is 0 Å². The van der Waals surface area contributed by atoms with E-state index in [9.17, 15) is 14.7 Å². The van der Waals surface area contributed by atoms with Crippen LogP contribution in [0.25, 0.3) is 0 Å². The first-order valence-corrected chi connectivity index (χ1v) is 11.1. The molecule has 30 heavy (non-hydrogen) atoms. The van der Waals surface area contributed by atoms with Crippen molar-refractivity contribution in [3.63, 3.8) is 0 Å². The zero-order chi connectivity index (χ0) is 21.9. The molecule has 6 nitrogen and oxygen atoms in total. The second kappa shape index (κ2) is 12.7. The minimum atomic E-state index is -0.749. The first kappa shape index (κ1) is 24.4. The zero-order valence-corrected chi connectivity index (χ0v) is 18.4. The number of aliphatic hydroxyl groups excluding tert-OH is 1. The molecule has 0 aliphatic carbocycles. The molecule has 1 aromatic carbocycles. The van der Waals surface area contributed by atoms with Crippen molar-refractivity contribution in [2.45, 2.75) is 83.5 Å². The molecule has 6 heteroatoms. The van der Waals surface area contributed by atoms with E-state index in [4.69, 9.17) is 9.84 Å². The van der Waals surface area contributed by atoms with Crippen molar-refractivity contribution < 1.29 is 24.5 Å². The van der Waals surface area contributed by atoms with Gasteiger partial charge < -0.3 is 19.8 Å². The molecule has 0 saturated carbocycles. The number of nitrogens with zero attached hydrogens (tertiary/aromatic N) is 1. The second-order valence-electron chi connectivity index (χ2n) is 8.65. The summed E-state index contributed by atoms with van der Waals surface area (Å²) < 4.78 is 5.17. The highest BCUT2D eigenvalue weighted by Crippen LogP contribution is 2.25. The number of likely N-dealkylation sites (tertiary alicyclic amines) is 1. The van der Waals surface area contributed by atoms with Gasteiger partial charge in [-0.3, -0.25) is 9.59 Å². The molecule has 2 N–H and O–H groups in total. The van der Waals surface area contributed by atoms with Crippen molar-refractivity contribution in [1.29, 1.82) is 0 Å². The quantitative estimate of drug-likeness (QED) is 0.479. The van der Waals surface area contributed by atoms with E-state index in [2.05, 4.69) is 13.0 Å². The molecule has 1 heterocycles. The summed E-state index contributed by atoms with van der Waals surface area (Å²) >= 11 is 0. The van der Waals surface area contributed by atoms with E-state index in [1.807, 2.05) is 23.1 Å². The standard InChI is InChI=1S/C24H37NO5/c1-18(5-3-8-24(28)29)13-14-25-21(10-12-23(25)27)9-11-22(26)16-19-6-4-7-20(15-19)17-30-2/h4,6-7,15,18,21-22,26H,3,5,8-14,16-17H2,1-2H3,(H,28,29)/t18-,21-,22+/m0/s1. The van der Waals surface area contributed by atoms with Crippen molar-refractivity contribution in [3.05, 3.63) is 35.4 Å². The fraction of sp³-hybridized carbons (Fsp3) is 0.667. The van der Waals surface area contributed by atoms with Gasteiger partial charge in [0.1, 0.15) is 0 Å². The van der Waals surface area contributed by atoms with Crippen LogP contribution in [0.3, 0.4) is 0 Å². The van der Waals surface area contributed by atoms with Crippen molar-refractivity contribution in [2.24, 2.45) is 5.92 Å². The lowest BCUT2D eigenvalue weighted by molar-refractivity contribution is -0.137. The number of rotatable bonds is 14. The van der Waals surface area contributed by atoms with Crippen molar-refractivity contribution in [2.75, 3.05) is 13.7 Å². The van der Waals surface area contributed by atoms with Crippen LogP contribution >= 0.6 is 0 Å². The monoisotopic (exact) mass is 419 g/mol. The number of ether oxygens (including phenoxy) is 1. The Morgan fingerprint density at radius 1 is 1.27 bits per heavy atom. The Bertz CT molecular complexity index is 677. The molecule has 2 rings (SSSR count). The van der Waals surface area contributed by atoms with Crippen LogP contribution in [-0.2, 0) is 27.4 Å². The fourth-order valence-electron chi connectivity index (χ4n) is 4.28. The molecule has 1 aliphatic rings. The molecule has 0 radical (unpaired) electrons. The summed E-state index contributed by atoms with van der Waals surface area (Å²) in [6, 6.07) is 8.32. The number of methoxy groups -OCH3 is 1. The Morgan fingerprint density at radius 3 is 2.77 bits per heavy atom.